The van der Waals surface area contributed by atoms with Crippen molar-refractivity contribution in [2.45, 2.75) is 6.92 Å². The second-order valence-corrected chi connectivity index (χ2v) is 5.47. The average molecular weight is 339 g/mol. The summed E-state index contributed by atoms with van der Waals surface area (Å²) in [5.74, 6) is -0.157. The van der Waals surface area contributed by atoms with Gasteiger partial charge < -0.3 is 15.2 Å². The zero-order chi connectivity index (χ0) is 18.0. The van der Waals surface area contributed by atoms with Gasteiger partial charge in [0.15, 0.2) is 0 Å². The minimum Gasteiger partial charge on any atom is -0.496 e. The Kier molecular flexibility index (Phi) is 4.34. The van der Waals surface area contributed by atoms with Crippen LogP contribution >= 0.6 is 0 Å². The minimum atomic E-state index is -1.01. The van der Waals surface area contributed by atoms with Crippen molar-refractivity contribution in [2.75, 3.05) is 12.4 Å². The largest absolute Gasteiger partial charge is 0.496 e. The standard InChI is InChI=1S/C17H17N5O3/c1-10-7-18-17(20-12-8-19-22(2)9-12)21-15(10)13-5-4-11(16(23)24)6-14(13)25-3/h4-9H,1-3H3,(H,23,24)(H,18,20,21). The van der Waals surface area contributed by atoms with Gasteiger partial charge in [-0.2, -0.15) is 5.10 Å². The number of carboxylic acids is 1. The van der Waals surface area contributed by atoms with Gasteiger partial charge in [0.1, 0.15) is 5.75 Å². The highest BCUT2D eigenvalue weighted by atomic mass is 16.5. The van der Waals surface area contributed by atoms with Crippen molar-refractivity contribution in [3.8, 4) is 17.0 Å². The third-order valence-electron chi connectivity index (χ3n) is 3.64. The number of aryl methyl sites for hydroxylation is 2. The molecule has 0 spiro atoms. The molecule has 2 heterocycles. The van der Waals surface area contributed by atoms with E-state index in [1.54, 1.807) is 23.1 Å². The number of aromatic carboxylic acids is 1. The molecule has 0 fully saturated rings. The summed E-state index contributed by atoms with van der Waals surface area (Å²) in [6.45, 7) is 1.88. The van der Waals surface area contributed by atoms with Crippen LogP contribution in [0.25, 0.3) is 11.3 Å². The Bertz CT molecular complexity index is 936. The third kappa shape index (κ3) is 3.42. The zero-order valence-corrected chi connectivity index (χ0v) is 14.0. The first-order valence-electron chi connectivity index (χ1n) is 7.49. The molecular weight excluding hydrogens is 322 g/mol. The van der Waals surface area contributed by atoms with Gasteiger partial charge in [0.05, 0.1) is 30.3 Å². The molecule has 0 amide bonds. The van der Waals surface area contributed by atoms with Crippen molar-refractivity contribution in [3.63, 3.8) is 0 Å². The van der Waals surface area contributed by atoms with Gasteiger partial charge >= 0.3 is 5.97 Å². The molecule has 0 saturated heterocycles. The lowest BCUT2D eigenvalue weighted by molar-refractivity contribution is 0.0696. The Hall–Kier alpha value is -3.42. The number of aromatic nitrogens is 4. The zero-order valence-electron chi connectivity index (χ0n) is 14.0. The van der Waals surface area contributed by atoms with Gasteiger partial charge in [-0.3, -0.25) is 4.68 Å². The third-order valence-corrected chi connectivity index (χ3v) is 3.64. The van der Waals surface area contributed by atoms with Crippen molar-refractivity contribution in [1.82, 2.24) is 19.7 Å². The molecular formula is C17H17N5O3. The fourth-order valence-electron chi connectivity index (χ4n) is 2.41. The lowest BCUT2D eigenvalue weighted by Crippen LogP contribution is -2.02. The van der Waals surface area contributed by atoms with E-state index in [2.05, 4.69) is 20.4 Å². The molecule has 0 bridgehead atoms. The van der Waals surface area contributed by atoms with Crippen LogP contribution in [-0.2, 0) is 7.05 Å². The van der Waals surface area contributed by atoms with Crippen LogP contribution in [0.4, 0.5) is 11.6 Å². The first-order chi connectivity index (χ1) is 12.0. The molecule has 2 N–H and O–H groups in total. The van der Waals surface area contributed by atoms with E-state index >= 15 is 0 Å². The van der Waals surface area contributed by atoms with Gasteiger partial charge in [-0.1, -0.05) is 0 Å². The molecule has 0 atom stereocenters. The van der Waals surface area contributed by atoms with Crippen LogP contribution < -0.4 is 10.1 Å². The van der Waals surface area contributed by atoms with E-state index in [4.69, 9.17) is 9.84 Å². The molecule has 8 nitrogen and oxygen atoms in total. The maximum atomic E-state index is 11.1. The minimum absolute atomic E-state index is 0.154. The number of carboxylic acid groups (broad SMARTS) is 1. The number of hydrogen-bond donors (Lipinski definition) is 2. The second-order valence-electron chi connectivity index (χ2n) is 5.47. The molecule has 0 aliphatic heterocycles. The van der Waals surface area contributed by atoms with Crippen LogP contribution in [0.5, 0.6) is 5.75 Å². The number of rotatable bonds is 5. The predicted molar refractivity (Wildman–Crippen MR) is 92.2 cm³/mol. The molecule has 1 aromatic carbocycles. The topological polar surface area (TPSA) is 102 Å². The normalized spacial score (nSPS) is 10.5. The monoisotopic (exact) mass is 339 g/mol. The fourth-order valence-corrected chi connectivity index (χ4v) is 2.41. The summed E-state index contributed by atoms with van der Waals surface area (Å²) < 4.78 is 7.02. The van der Waals surface area contributed by atoms with Crippen LogP contribution in [0.3, 0.4) is 0 Å². The average Bonchev–Trinajstić information content (AvgIpc) is 3.01. The van der Waals surface area contributed by atoms with Gasteiger partial charge in [0, 0.05) is 25.0 Å². The van der Waals surface area contributed by atoms with Crippen LogP contribution in [0.1, 0.15) is 15.9 Å². The Morgan fingerprint density at radius 1 is 1.32 bits per heavy atom. The lowest BCUT2D eigenvalue weighted by Gasteiger charge is -2.12. The smallest absolute Gasteiger partial charge is 0.335 e. The van der Waals surface area contributed by atoms with E-state index in [0.29, 0.717) is 23.0 Å². The van der Waals surface area contributed by atoms with E-state index in [9.17, 15) is 4.79 Å². The first-order valence-corrected chi connectivity index (χ1v) is 7.49. The van der Waals surface area contributed by atoms with Crippen LogP contribution in [0, 0.1) is 6.92 Å². The number of anilines is 2. The van der Waals surface area contributed by atoms with Gasteiger partial charge in [-0.15, -0.1) is 0 Å². The Balaban J connectivity index is 2.01. The van der Waals surface area contributed by atoms with E-state index in [1.807, 2.05) is 20.2 Å². The number of nitrogens with zero attached hydrogens (tertiary/aromatic N) is 4. The second kappa shape index (κ2) is 6.60. The summed E-state index contributed by atoms with van der Waals surface area (Å²) in [6.07, 6.45) is 5.18. The van der Waals surface area contributed by atoms with Crippen LogP contribution in [0.15, 0.2) is 36.8 Å². The summed E-state index contributed by atoms with van der Waals surface area (Å²) in [4.78, 5) is 20.0. The molecule has 3 aromatic rings. The van der Waals surface area contributed by atoms with E-state index in [0.717, 1.165) is 11.3 Å². The quantitative estimate of drug-likeness (QED) is 0.736. The van der Waals surface area contributed by atoms with Crippen LogP contribution in [0.2, 0.25) is 0 Å². The van der Waals surface area contributed by atoms with Gasteiger partial charge in [-0.25, -0.2) is 14.8 Å². The Morgan fingerprint density at radius 2 is 2.12 bits per heavy atom. The highest BCUT2D eigenvalue weighted by Gasteiger charge is 2.15. The maximum Gasteiger partial charge on any atom is 0.335 e. The lowest BCUT2D eigenvalue weighted by atomic mass is 10.0. The number of benzene rings is 1. The van der Waals surface area contributed by atoms with Crippen molar-refractivity contribution in [2.24, 2.45) is 7.05 Å². The summed E-state index contributed by atoms with van der Waals surface area (Å²) in [6, 6.07) is 4.69. The summed E-state index contributed by atoms with van der Waals surface area (Å²) in [5.41, 5.74) is 3.13. The molecule has 0 radical (unpaired) electrons. The molecule has 0 aliphatic carbocycles. The molecule has 2 aromatic heterocycles. The van der Waals surface area contributed by atoms with E-state index in [1.165, 1.54) is 19.2 Å². The molecule has 8 heteroatoms. The van der Waals surface area contributed by atoms with E-state index < -0.39 is 5.97 Å². The Morgan fingerprint density at radius 3 is 2.76 bits per heavy atom. The summed E-state index contributed by atoms with van der Waals surface area (Å²) in [5, 5.41) is 16.3. The van der Waals surface area contributed by atoms with Crippen molar-refractivity contribution >= 4 is 17.6 Å². The van der Waals surface area contributed by atoms with Crippen molar-refractivity contribution in [1.29, 1.82) is 0 Å². The molecule has 3 rings (SSSR count). The summed E-state index contributed by atoms with van der Waals surface area (Å²) >= 11 is 0. The molecule has 0 aliphatic rings. The Labute approximate surface area is 144 Å². The molecule has 0 saturated carbocycles. The maximum absolute atomic E-state index is 11.1. The number of ether oxygens (including phenoxy) is 1. The number of carbonyl (C=O) groups is 1. The number of nitrogens with one attached hydrogen (secondary N) is 1. The van der Waals surface area contributed by atoms with Crippen molar-refractivity contribution < 1.29 is 14.6 Å². The number of hydrogen-bond acceptors (Lipinski definition) is 6. The highest BCUT2D eigenvalue weighted by molar-refractivity contribution is 5.89. The molecule has 25 heavy (non-hydrogen) atoms. The van der Waals surface area contributed by atoms with Crippen LogP contribution in [-0.4, -0.2) is 37.9 Å². The first kappa shape index (κ1) is 16.4. The predicted octanol–water partition coefficient (Wildman–Crippen LogP) is 2.64. The van der Waals surface area contributed by atoms with E-state index in [-0.39, 0.29) is 5.56 Å². The SMILES string of the molecule is COc1cc(C(=O)O)ccc1-c1nc(Nc2cnn(C)c2)ncc1C. The fraction of sp³-hybridized carbons (Fsp3) is 0.176. The highest BCUT2D eigenvalue weighted by Crippen LogP contribution is 2.32. The molecule has 128 valence electrons. The summed E-state index contributed by atoms with van der Waals surface area (Å²) in [7, 11) is 3.32. The molecule has 0 unspecified atom stereocenters. The van der Waals surface area contributed by atoms with Gasteiger partial charge in [0.2, 0.25) is 5.95 Å². The number of methoxy groups -OCH3 is 1. The van der Waals surface area contributed by atoms with Gasteiger partial charge in [-0.05, 0) is 30.7 Å². The van der Waals surface area contributed by atoms with Crippen molar-refractivity contribution in [3.05, 3.63) is 47.9 Å². The van der Waals surface area contributed by atoms with Gasteiger partial charge in [0.25, 0.3) is 0 Å².